The Morgan fingerprint density at radius 2 is 2.37 bits per heavy atom. The molecule has 1 heterocycles. The van der Waals surface area contributed by atoms with E-state index in [1.807, 2.05) is 6.92 Å². The Kier molecular flexibility index (Phi) is 3.76. The highest BCUT2D eigenvalue weighted by Crippen LogP contribution is 2.35. The van der Waals surface area contributed by atoms with Crippen LogP contribution in [0.15, 0.2) is 41.2 Å². The Morgan fingerprint density at radius 3 is 2.89 bits per heavy atom. The molecule has 1 aliphatic rings. The zero-order valence-corrected chi connectivity index (χ0v) is 10.9. The van der Waals surface area contributed by atoms with Crippen LogP contribution in [0, 0.1) is 24.2 Å². The number of pyridine rings is 1. The van der Waals surface area contributed by atoms with Gasteiger partial charge in [-0.3, -0.25) is 0 Å². The molecule has 1 saturated carbocycles. The van der Waals surface area contributed by atoms with Gasteiger partial charge in [0, 0.05) is 23.7 Å². The van der Waals surface area contributed by atoms with E-state index in [-0.39, 0.29) is 0 Å². The number of aliphatic imine (C=N–C) groups is 1. The highest BCUT2D eigenvalue weighted by molar-refractivity contribution is 5.85. The molecule has 0 aromatic carbocycles. The summed E-state index contributed by atoms with van der Waals surface area (Å²) in [5.41, 5.74) is 9.16. The fourth-order valence-corrected chi connectivity index (χ4v) is 1.74. The number of aromatic nitrogens is 1. The van der Waals surface area contributed by atoms with E-state index in [1.165, 1.54) is 6.20 Å². The summed E-state index contributed by atoms with van der Waals surface area (Å²) < 4.78 is 0. The van der Waals surface area contributed by atoms with Gasteiger partial charge in [0.05, 0.1) is 5.56 Å². The van der Waals surface area contributed by atoms with Crippen molar-refractivity contribution in [3.05, 3.63) is 47.3 Å². The van der Waals surface area contributed by atoms with Crippen molar-refractivity contribution in [1.29, 1.82) is 5.26 Å². The van der Waals surface area contributed by atoms with Crippen molar-refractivity contribution in [2.45, 2.75) is 19.8 Å². The quantitative estimate of drug-likeness (QED) is 0.661. The Labute approximate surface area is 113 Å². The standard InChI is InChI=1S/C15H16N4/c1-3-11(15(17)12-4-5-12)8-18-14-6-10(2)13(7-16)9-19-14/h3,6,8-9,12H,1,4-5,17H2,2H3. The van der Waals surface area contributed by atoms with Crippen molar-refractivity contribution < 1.29 is 0 Å². The van der Waals surface area contributed by atoms with E-state index in [4.69, 9.17) is 11.0 Å². The molecular formula is C15H16N4. The van der Waals surface area contributed by atoms with Crippen LogP contribution in [-0.4, -0.2) is 11.2 Å². The summed E-state index contributed by atoms with van der Waals surface area (Å²) in [6.07, 6.45) is 7.22. The topological polar surface area (TPSA) is 75.1 Å². The lowest BCUT2D eigenvalue weighted by Gasteiger charge is -2.02. The third kappa shape index (κ3) is 3.08. The Balaban J connectivity index is 2.22. The van der Waals surface area contributed by atoms with E-state index in [0.717, 1.165) is 29.7 Å². The van der Waals surface area contributed by atoms with Crippen molar-refractivity contribution in [1.82, 2.24) is 4.98 Å². The van der Waals surface area contributed by atoms with E-state index in [9.17, 15) is 0 Å². The first kappa shape index (κ1) is 13.0. The molecule has 0 radical (unpaired) electrons. The zero-order valence-electron chi connectivity index (χ0n) is 10.9. The van der Waals surface area contributed by atoms with Crippen LogP contribution in [0.25, 0.3) is 0 Å². The minimum absolute atomic E-state index is 0.482. The molecule has 1 aromatic heterocycles. The largest absolute Gasteiger partial charge is 0.401 e. The Morgan fingerprint density at radius 1 is 1.63 bits per heavy atom. The molecule has 0 spiro atoms. The maximum absolute atomic E-state index is 8.84. The van der Waals surface area contributed by atoms with Crippen LogP contribution in [0.2, 0.25) is 0 Å². The number of hydrogen-bond donors (Lipinski definition) is 1. The summed E-state index contributed by atoms with van der Waals surface area (Å²) in [5.74, 6) is 1.05. The van der Waals surface area contributed by atoms with Crippen LogP contribution in [0.1, 0.15) is 24.0 Å². The van der Waals surface area contributed by atoms with Gasteiger partial charge in [0.2, 0.25) is 0 Å². The van der Waals surface area contributed by atoms with Crippen LogP contribution in [-0.2, 0) is 0 Å². The molecule has 2 N–H and O–H groups in total. The average Bonchev–Trinajstić information content (AvgIpc) is 3.23. The van der Waals surface area contributed by atoms with Crippen molar-refractivity contribution in [2.24, 2.45) is 16.6 Å². The van der Waals surface area contributed by atoms with Gasteiger partial charge < -0.3 is 5.73 Å². The summed E-state index contributed by atoms with van der Waals surface area (Å²) in [4.78, 5) is 8.41. The number of hydrogen-bond acceptors (Lipinski definition) is 4. The van der Waals surface area contributed by atoms with Crippen molar-refractivity contribution in [3.8, 4) is 6.07 Å². The molecule has 0 aliphatic heterocycles. The molecule has 1 aliphatic carbocycles. The lowest BCUT2D eigenvalue weighted by atomic mass is 10.1. The fraction of sp³-hybridized carbons (Fsp3) is 0.267. The molecular weight excluding hydrogens is 236 g/mol. The monoisotopic (exact) mass is 252 g/mol. The number of nitrogens with zero attached hydrogens (tertiary/aromatic N) is 3. The van der Waals surface area contributed by atoms with Crippen molar-refractivity contribution in [3.63, 3.8) is 0 Å². The first-order chi connectivity index (χ1) is 9.15. The van der Waals surface area contributed by atoms with Gasteiger partial charge in [0.1, 0.15) is 6.07 Å². The molecule has 0 atom stereocenters. The predicted molar refractivity (Wildman–Crippen MR) is 76.0 cm³/mol. The average molecular weight is 252 g/mol. The van der Waals surface area contributed by atoms with Crippen LogP contribution in [0.3, 0.4) is 0 Å². The summed E-state index contributed by atoms with van der Waals surface area (Å²) in [6, 6.07) is 3.86. The minimum Gasteiger partial charge on any atom is -0.401 e. The smallest absolute Gasteiger partial charge is 0.152 e. The number of rotatable bonds is 4. The molecule has 0 saturated heterocycles. The van der Waals surface area contributed by atoms with Crippen LogP contribution in [0.5, 0.6) is 0 Å². The first-order valence-corrected chi connectivity index (χ1v) is 6.18. The second-order valence-corrected chi connectivity index (χ2v) is 4.62. The summed E-state index contributed by atoms with van der Waals surface area (Å²) >= 11 is 0. The molecule has 19 heavy (non-hydrogen) atoms. The van der Waals surface area contributed by atoms with E-state index >= 15 is 0 Å². The number of nitriles is 1. The fourth-order valence-electron chi connectivity index (χ4n) is 1.74. The summed E-state index contributed by atoms with van der Waals surface area (Å²) in [5, 5.41) is 8.84. The molecule has 0 bridgehead atoms. The first-order valence-electron chi connectivity index (χ1n) is 6.18. The van der Waals surface area contributed by atoms with Gasteiger partial charge in [-0.2, -0.15) is 5.26 Å². The molecule has 1 aromatic rings. The third-order valence-electron chi connectivity index (χ3n) is 3.12. The summed E-state index contributed by atoms with van der Waals surface area (Å²) in [7, 11) is 0. The number of nitrogens with two attached hydrogens (primary N) is 1. The van der Waals surface area contributed by atoms with Gasteiger partial charge in [-0.25, -0.2) is 9.98 Å². The molecule has 1 fully saturated rings. The number of allylic oxidation sites excluding steroid dienone is 3. The molecule has 4 nitrogen and oxygen atoms in total. The van der Waals surface area contributed by atoms with Gasteiger partial charge in [-0.05, 0) is 37.3 Å². The SMILES string of the molecule is C=CC(C=Nc1cc(C)c(C#N)cn1)=C(N)C1CC1. The van der Waals surface area contributed by atoms with Gasteiger partial charge in [0.15, 0.2) is 5.82 Å². The normalized spacial score (nSPS) is 16.0. The second-order valence-electron chi connectivity index (χ2n) is 4.62. The van der Waals surface area contributed by atoms with Crippen LogP contribution in [0.4, 0.5) is 5.82 Å². The number of aryl methyl sites for hydroxylation is 1. The third-order valence-corrected chi connectivity index (χ3v) is 3.12. The van der Waals surface area contributed by atoms with Gasteiger partial charge in [0.25, 0.3) is 0 Å². The molecule has 0 amide bonds. The molecule has 4 heteroatoms. The Bertz CT molecular complexity index is 601. The molecule has 2 rings (SSSR count). The van der Waals surface area contributed by atoms with E-state index in [0.29, 0.717) is 17.3 Å². The molecule has 0 unspecified atom stereocenters. The molecule has 96 valence electrons. The zero-order chi connectivity index (χ0) is 13.8. The van der Waals surface area contributed by atoms with Crippen LogP contribution < -0.4 is 5.73 Å². The van der Waals surface area contributed by atoms with Gasteiger partial charge in [-0.1, -0.05) is 12.7 Å². The van der Waals surface area contributed by atoms with E-state index in [1.54, 1.807) is 18.4 Å². The van der Waals surface area contributed by atoms with Gasteiger partial charge in [-0.15, -0.1) is 0 Å². The highest BCUT2D eigenvalue weighted by Gasteiger charge is 2.25. The maximum atomic E-state index is 8.84. The second kappa shape index (κ2) is 5.49. The Hall–Kier alpha value is -2.41. The van der Waals surface area contributed by atoms with E-state index in [2.05, 4.69) is 22.6 Å². The lowest BCUT2D eigenvalue weighted by Crippen LogP contribution is -2.04. The lowest BCUT2D eigenvalue weighted by molar-refractivity contribution is 0.973. The predicted octanol–water partition coefficient (Wildman–Crippen LogP) is 2.77. The van der Waals surface area contributed by atoms with Gasteiger partial charge >= 0.3 is 0 Å². The summed E-state index contributed by atoms with van der Waals surface area (Å²) in [6.45, 7) is 5.62. The van der Waals surface area contributed by atoms with E-state index < -0.39 is 0 Å². The van der Waals surface area contributed by atoms with Crippen LogP contribution >= 0.6 is 0 Å². The van der Waals surface area contributed by atoms with Crippen molar-refractivity contribution >= 4 is 12.0 Å². The maximum Gasteiger partial charge on any atom is 0.152 e. The van der Waals surface area contributed by atoms with Crippen molar-refractivity contribution in [2.75, 3.05) is 0 Å². The highest BCUT2D eigenvalue weighted by atomic mass is 14.9. The minimum atomic E-state index is 0.482.